The summed E-state index contributed by atoms with van der Waals surface area (Å²) in [6.45, 7) is 9.50. The SMILES string of the molecule is C1=CCC2CC[CH-]C2=C1.CCC(C)P(c1cc2ccccc2[cH-]1)C(C)CC.[Cl-].[Cl-].[Ti+4]. The van der Waals surface area contributed by atoms with Gasteiger partial charge in [-0.25, -0.2) is 18.1 Å². The van der Waals surface area contributed by atoms with Crippen LogP contribution in [0.1, 0.15) is 59.8 Å². The van der Waals surface area contributed by atoms with Crippen molar-refractivity contribution in [3.8, 4) is 0 Å². The number of allylic oxidation sites excluding steroid dienone is 4. The van der Waals surface area contributed by atoms with Crippen LogP contribution in [-0.2, 0) is 21.7 Å². The standard InChI is InChI=1S/C17H24P.C9H11.2ClH.Ti/c1-5-13(3)18(14(4)6-2)17-11-15-9-7-8-10-16(15)12-17;1-2-5-9-7-3-6-8(9)4-1;;;/h7-14H,5-6H2,1-4H3;1-2,4,6,9H,3,5,7H2;2*1H;/q2*-1;;;+4/p-2. The molecule has 0 nitrogen and oxygen atoms in total. The zero-order chi connectivity index (χ0) is 19.2. The van der Waals surface area contributed by atoms with Crippen molar-refractivity contribution in [1.82, 2.24) is 0 Å². The molecule has 4 rings (SSSR count). The van der Waals surface area contributed by atoms with E-state index in [4.69, 9.17) is 0 Å². The predicted molar refractivity (Wildman–Crippen MR) is 124 cm³/mol. The second-order valence-corrected chi connectivity index (χ2v) is 11.2. The van der Waals surface area contributed by atoms with E-state index >= 15 is 0 Å². The molecule has 2 aliphatic rings. The van der Waals surface area contributed by atoms with Crippen LogP contribution in [0.5, 0.6) is 0 Å². The topological polar surface area (TPSA) is 0 Å². The first kappa shape index (κ1) is 29.9. The third kappa shape index (κ3) is 7.50. The molecule has 162 valence electrons. The summed E-state index contributed by atoms with van der Waals surface area (Å²) in [5, 5.41) is 4.42. The van der Waals surface area contributed by atoms with Crippen LogP contribution in [0.2, 0.25) is 0 Å². The van der Waals surface area contributed by atoms with Crippen LogP contribution in [0.25, 0.3) is 10.8 Å². The van der Waals surface area contributed by atoms with E-state index in [0.29, 0.717) is 0 Å². The van der Waals surface area contributed by atoms with Crippen LogP contribution in [0.15, 0.2) is 60.2 Å². The minimum atomic E-state index is -0.0252. The molecule has 2 aromatic rings. The Morgan fingerprint density at radius 1 is 1.07 bits per heavy atom. The van der Waals surface area contributed by atoms with Crippen molar-refractivity contribution < 1.29 is 46.5 Å². The van der Waals surface area contributed by atoms with Crippen LogP contribution in [-0.4, -0.2) is 11.3 Å². The summed E-state index contributed by atoms with van der Waals surface area (Å²) < 4.78 is 0. The molecule has 2 aromatic carbocycles. The van der Waals surface area contributed by atoms with Crippen LogP contribution < -0.4 is 30.1 Å². The second-order valence-electron chi connectivity index (χ2n) is 8.07. The summed E-state index contributed by atoms with van der Waals surface area (Å²) in [5.41, 5.74) is 3.23. The molecule has 0 heterocycles. The van der Waals surface area contributed by atoms with Gasteiger partial charge in [-0.05, 0) is 36.5 Å². The third-order valence-electron chi connectivity index (χ3n) is 6.24. The van der Waals surface area contributed by atoms with E-state index in [1.165, 1.54) is 42.9 Å². The summed E-state index contributed by atoms with van der Waals surface area (Å²) >= 11 is 0. The predicted octanol–water partition coefficient (Wildman–Crippen LogP) is 1.76. The number of benzene rings is 1. The van der Waals surface area contributed by atoms with Gasteiger partial charge in [0.1, 0.15) is 0 Å². The van der Waals surface area contributed by atoms with Gasteiger partial charge in [-0.15, -0.1) is 58.9 Å². The fourth-order valence-electron chi connectivity index (χ4n) is 4.28. The molecule has 0 aliphatic heterocycles. The zero-order valence-electron chi connectivity index (χ0n) is 18.7. The second kappa shape index (κ2) is 14.9. The molecule has 4 heteroatoms. The maximum absolute atomic E-state index is 2.43. The molecular formula is C26H35Cl2PTi. The van der Waals surface area contributed by atoms with Crippen molar-refractivity contribution in [3.63, 3.8) is 0 Å². The Morgan fingerprint density at radius 3 is 2.33 bits per heavy atom. The van der Waals surface area contributed by atoms with Crippen LogP contribution in [0, 0.1) is 12.3 Å². The average molecular weight is 497 g/mol. The molecule has 0 N–H and O–H groups in total. The van der Waals surface area contributed by atoms with E-state index in [-0.39, 0.29) is 54.5 Å². The molecular weight excluding hydrogens is 462 g/mol. The van der Waals surface area contributed by atoms with Crippen molar-refractivity contribution in [2.75, 3.05) is 0 Å². The summed E-state index contributed by atoms with van der Waals surface area (Å²) in [6.07, 6.45) is 15.6. The smallest absolute Gasteiger partial charge is 1.00 e. The van der Waals surface area contributed by atoms with Crippen LogP contribution in [0.4, 0.5) is 0 Å². The van der Waals surface area contributed by atoms with Crippen LogP contribution >= 0.6 is 7.92 Å². The average Bonchev–Trinajstić information content (AvgIpc) is 3.34. The Balaban J connectivity index is 0.000000597. The normalized spacial score (nSPS) is 19.3. The number of rotatable bonds is 5. The monoisotopic (exact) mass is 496 g/mol. The van der Waals surface area contributed by atoms with Crippen molar-refractivity contribution in [1.29, 1.82) is 0 Å². The number of hydrogen-bond acceptors (Lipinski definition) is 0. The minimum Gasteiger partial charge on any atom is -1.00 e. The largest absolute Gasteiger partial charge is 4.00 e. The molecule has 0 bridgehead atoms. The summed E-state index contributed by atoms with van der Waals surface area (Å²) in [4.78, 5) is 0. The van der Waals surface area contributed by atoms with E-state index in [2.05, 4.69) is 88.7 Å². The Morgan fingerprint density at radius 2 is 1.73 bits per heavy atom. The Hall–Kier alpha value is -0.0957. The van der Waals surface area contributed by atoms with Gasteiger partial charge in [0, 0.05) is 0 Å². The number of fused-ring (bicyclic) bond motifs is 2. The Bertz CT molecular complexity index is 752. The zero-order valence-corrected chi connectivity index (χ0v) is 22.7. The summed E-state index contributed by atoms with van der Waals surface area (Å²) in [5.74, 6) is 0.884. The van der Waals surface area contributed by atoms with Crippen molar-refractivity contribution in [3.05, 3.63) is 66.6 Å². The van der Waals surface area contributed by atoms with Crippen molar-refractivity contribution in [2.45, 2.75) is 71.1 Å². The maximum atomic E-state index is 2.43. The minimum absolute atomic E-state index is 0. The van der Waals surface area contributed by atoms with Crippen molar-refractivity contribution in [2.24, 2.45) is 5.92 Å². The molecule has 2 aliphatic carbocycles. The fraction of sp³-hybridized carbons (Fsp3) is 0.462. The third-order valence-corrected chi connectivity index (χ3v) is 9.73. The van der Waals surface area contributed by atoms with Gasteiger partial charge < -0.3 is 24.8 Å². The molecule has 0 amide bonds. The van der Waals surface area contributed by atoms with Gasteiger partial charge in [0.25, 0.3) is 0 Å². The van der Waals surface area contributed by atoms with Gasteiger partial charge in [0.2, 0.25) is 0 Å². The summed E-state index contributed by atoms with van der Waals surface area (Å²) in [7, 11) is -0.0252. The van der Waals surface area contributed by atoms with Crippen molar-refractivity contribution >= 4 is 24.0 Å². The van der Waals surface area contributed by atoms with Gasteiger partial charge >= 0.3 is 21.7 Å². The van der Waals surface area contributed by atoms with Gasteiger partial charge in [-0.3, -0.25) is 0 Å². The first-order chi connectivity index (χ1) is 13.1. The molecule has 1 saturated carbocycles. The fourth-order valence-corrected chi connectivity index (χ4v) is 7.53. The number of halogens is 2. The summed E-state index contributed by atoms with van der Waals surface area (Å²) in [6, 6.07) is 13.6. The van der Waals surface area contributed by atoms with E-state index in [1.807, 2.05) is 0 Å². The van der Waals surface area contributed by atoms with E-state index in [0.717, 1.165) is 17.2 Å². The van der Waals surface area contributed by atoms with Gasteiger partial charge in [-0.1, -0.05) is 48.1 Å². The van der Waals surface area contributed by atoms with Gasteiger partial charge in [-0.2, -0.15) is 6.07 Å². The van der Waals surface area contributed by atoms with E-state index in [9.17, 15) is 0 Å². The molecule has 0 radical (unpaired) electrons. The van der Waals surface area contributed by atoms with Gasteiger partial charge in [0.05, 0.1) is 0 Å². The first-order valence-electron chi connectivity index (χ1n) is 10.8. The molecule has 30 heavy (non-hydrogen) atoms. The molecule has 3 unspecified atom stereocenters. The first-order valence-corrected chi connectivity index (χ1v) is 12.3. The quantitative estimate of drug-likeness (QED) is 0.336. The Kier molecular flexibility index (Phi) is 14.8. The van der Waals surface area contributed by atoms with Crippen LogP contribution in [0.3, 0.4) is 0 Å². The molecule has 1 fully saturated rings. The molecule has 3 atom stereocenters. The van der Waals surface area contributed by atoms with E-state index in [1.54, 1.807) is 10.9 Å². The maximum Gasteiger partial charge on any atom is 4.00 e. The van der Waals surface area contributed by atoms with E-state index < -0.39 is 0 Å². The molecule has 0 aromatic heterocycles. The molecule has 0 spiro atoms. The molecule has 0 saturated heterocycles. The number of hydrogen-bond donors (Lipinski definition) is 0. The Labute approximate surface area is 213 Å². The van der Waals surface area contributed by atoms with Gasteiger partial charge in [0.15, 0.2) is 0 Å².